The average Bonchev–Trinajstić information content (AvgIpc) is 1.65. The van der Waals surface area contributed by atoms with Crippen molar-refractivity contribution in [2.75, 3.05) is 0 Å². The summed E-state index contributed by atoms with van der Waals surface area (Å²) < 4.78 is 0. The van der Waals surface area contributed by atoms with Crippen molar-refractivity contribution in [3.8, 4) is 0 Å². The molecule has 0 spiro atoms. The summed E-state index contributed by atoms with van der Waals surface area (Å²) in [6.07, 6.45) is 2.40. The van der Waals surface area contributed by atoms with E-state index in [0.29, 0.717) is 0 Å². The van der Waals surface area contributed by atoms with Crippen molar-refractivity contribution in [2.45, 2.75) is 33.6 Å². The van der Waals surface area contributed by atoms with Gasteiger partial charge >= 0.3 is 18.9 Å². The first-order valence-electron chi connectivity index (χ1n) is 3.46. The van der Waals surface area contributed by atoms with Gasteiger partial charge in [-0.1, -0.05) is 33.1 Å². The summed E-state index contributed by atoms with van der Waals surface area (Å²) in [6, 6.07) is 0. The minimum absolute atomic E-state index is 0. The zero-order valence-electron chi connectivity index (χ0n) is 7.28. The van der Waals surface area contributed by atoms with Crippen LogP contribution in [-0.2, 0) is 0 Å². The second-order valence-electron chi connectivity index (χ2n) is 3.02. The largest absolute Gasteiger partial charge is 1.00 e. The Hall–Kier alpha value is 0.597. The average molecular weight is 120 g/mol. The fourth-order valence-corrected chi connectivity index (χ4v) is 0.923. The third kappa shape index (κ3) is 8.60. The van der Waals surface area contributed by atoms with Gasteiger partial charge in [-0.3, -0.25) is 0 Å². The van der Waals surface area contributed by atoms with Crippen LogP contribution in [0.2, 0.25) is 0 Å². The van der Waals surface area contributed by atoms with Crippen LogP contribution in [0.4, 0.5) is 0 Å². The van der Waals surface area contributed by atoms with Gasteiger partial charge in [-0.05, 0) is 5.92 Å². The number of rotatable bonds is 3. The van der Waals surface area contributed by atoms with E-state index in [4.69, 9.17) is 0 Å². The van der Waals surface area contributed by atoms with Crippen molar-refractivity contribution >= 4 is 0 Å². The summed E-state index contributed by atoms with van der Waals surface area (Å²) in [5, 5.41) is 0. The zero-order valence-corrected chi connectivity index (χ0v) is 7.28. The predicted molar refractivity (Wildman–Crippen MR) is 38.6 cm³/mol. The Bertz CT molecular complexity index is 50.5. The first-order valence-corrected chi connectivity index (χ1v) is 3.46. The van der Waals surface area contributed by atoms with Gasteiger partial charge in [-0.25, -0.2) is 0 Å². The standard InChI is InChI=1S/C8H17.Li/c1-5-8(4)6-7(2)3;/h7-8H,1,5-6H2,2-4H3;/q-1;+1. The molecule has 0 aromatic heterocycles. The maximum Gasteiger partial charge on any atom is 1.00 e. The summed E-state index contributed by atoms with van der Waals surface area (Å²) in [7, 11) is 0. The molecule has 0 fully saturated rings. The van der Waals surface area contributed by atoms with Crippen molar-refractivity contribution < 1.29 is 18.9 Å². The molecule has 0 amide bonds. The van der Waals surface area contributed by atoms with Crippen molar-refractivity contribution in [3.05, 3.63) is 6.92 Å². The van der Waals surface area contributed by atoms with Gasteiger partial charge in [0, 0.05) is 0 Å². The van der Waals surface area contributed by atoms with E-state index in [1.54, 1.807) is 0 Å². The molecule has 1 heteroatoms. The molecule has 0 rings (SSSR count). The molecule has 1 atom stereocenters. The van der Waals surface area contributed by atoms with Gasteiger partial charge < -0.3 is 6.92 Å². The van der Waals surface area contributed by atoms with Crippen LogP contribution in [0.15, 0.2) is 0 Å². The van der Waals surface area contributed by atoms with E-state index in [-0.39, 0.29) is 18.9 Å². The van der Waals surface area contributed by atoms with Crippen LogP contribution in [0.1, 0.15) is 33.6 Å². The zero-order chi connectivity index (χ0) is 6.57. The van der Waals surface area contributed by atoms with E-state index in [0.717, 1.165) is 18.3 Å². The Morgan fingerprint density at radius 3 is 1.78 bits per heavy atom. The topological polar surface area (TPSA) is 0 Å². The molecule has 9 heavy (non-hydrogen) atoms. The third-order valence-corrected chi connectivity index (χ3v) is 1.37. The molecular weight excluding hydrogens is 103 g/mol. The van der Waals surface area contributed by atoms with Gasteiger partial charge in [0.05, 0.1) is 0 Å². The molecule has 0 aromatic carbocycles. The quantitative estimate of drug-likeness (QED) is 0.360. The smallest absolute Gasteiger partial charge is 0.343 e. The summed E-state index contributed by atoms with van der Waals surface area (Å²) in [6.45, 7) is 10.6. The van der Waals surface area contributed by atoms with E-state index in [1.807, 2.05) is 0 Å². The van der Waals surface area contributed by atoms with E-state index in [9.17, 15) is 0 Å². The second kappa shape index (κ2) is 6.71. The molecule has 0 N–H and O–H groups in total. The SMILES string of the molecule is [CH2-]CC(C)CC(C)C.[Li+]. The third-order valence-electron chi connectivity index (χ3n) is 1.37. The van der Waals surface area contributed by atoms with Crippen LogP contribution in [-0.4, -0.2) is 0 Å². The molecule has 1 unspecified atom stereocenters. The summed E-state index contributed by atoms with van der Waals surface area (Å²) in [5.74, 6) is 1.65. The van der Waals surface area contributed by atoms with Crippen molar-refractivity contribution in [1.29, 1.82) is 0 Å². The first kappa shape index (κ1) is 12.3. The van der Waals surface area contributed by atoms with Crippen LogP contribution in [0, 0.1) is 18.8 Å². The minimum Gasteiger partial charge on any atom is -0.343 e. The molecule has 0 aromatic rings. The Balaban J connectivity index is 0. The summed E-state index contributed by atoms with van der Waals surface area (Å²) in [5.41, 5.74) is 0. The Kier molecular flexibility index (Phi) is 9.17. The maximum absolute atomic E-state index is 3.84. The van der Waals surface area contributed by atoms with Crippen molar-refractivity contribution in [1.82, 2.24) is 0 Å². The van der Waals surface area contributed by atoms with Gasteiger partial charge in [0.1, 0.15) is 0 Å². The van der Waals surface area contributed by atoms with Crippen molar-refractivity contribution in [2.24, 2.45) is 11.8 Å². The molecule has 0 saturated heterocycles. The van der Waals surface area contributed by atoms with Crippen LogP contribution < -0.4 is 18.9 Å². The van der Waals surface area contributed by atoms with Crippen LogP contribution in [0.5, 0.6) is 0 Å². The normalized spacial score (nSPS) is 13.0. The first-order chi connectivity index (χ1) is 3.66. The molecule has 0 bridgehead atoms. The molecule has 0 saturated carbocycles. The van der Waals surface area contributed by atoms with E-state index >= 15 is 0 Å². The number of hydrogen-bond acceptors (Lipinski definition) is 0. The molecule has 0 aliphatic rings. The van der Waals surface area contributed by atoms with E-state index in [2.05, 4.69) is 27.7 Å². The Morgan fingerprint density at radius 2 is 1.67 bits per heavy atom. The Morgan fingerprint density at radius 1 is 1.22 bits per heavy atom. The minimum atomic E-state index is 0. The van der Waals surface area contributed by atoms with E-state index < -0.39 is 0 Å². The van der Waals surface area contributed by atoms with Crippen molar-refractivity contribution in [3.63, 3.8) is 0 Å². The molecular formula is C8H17Li. The van der Waals surface area contributed by atoms with Gasteiger partial charge in [0.2, 0.25) is 0 Å². The van der Waals surface area contributed by atoms with Crippen LogP contribution >= 0.6 is 0 Å². The van der Waals surface area contributed by atoms with Crippen LogP contribution in [0.25, 0.3) is 0 Å². The maximum atomic E-state index is 3.84. The molecule has 50 valence electrons. The fraction of sp³-hybridized carbons (Fsp3) is 0.875. The molecule has 0 aliphatic carbocycles. The molecule has 0 nitrogen and oxygen atoms in total. The molecule has 0 heterocycles. The van der Waals surface area contributed by atoms with E-state index in [1.165, 1.54) is 6.42 Å². The molecule has 0 radical (unpaired) electrons. The summed E-state index contributed by atoms with van der Waals surface area (Å²) in [4.78, 5) is 0. The fourth-order valence-electron chi connectivity index (χ4n) is 0.923. The monoisotopic (exact) mass is 120 g/mol. The van der Waals surface area contributed by atoms with Gasteiger partial charge in [0.15, 0.2) is 0 Å². The second-order valence-corrected chi connectivity index (χ2v) is 3.02. The Labute approximate surface area is 71.6 Å². The van der Waals surface area contributed by atoms with Gasteiger partial charge in [-0.15, -0.1) is 0 Å². The molecule has 0 aliphatic heterocycles. The predicted octanol–water partition coefficient (Wildman–Crippen LogP) is -0.103. The number of hydrogen-bond donors (Lipinski definition) is 0. The van der Waals surface area contributed by atoms with Gasteiger partial charge in [0.25, 0.3) is 0 Å². The van der Waals surface area contributed by atoms with Crippen LogP contribution in [0.3, 0.4) is 0 Å². The summed E-state index contributed by atoms with van der Waals surface area (Å²) >= 11 is 0. The van der Waals surface area contributed by atoms with Gasteiger partial charge in [-0.2, -0.15) is 6.42 Å².